The highest BCUT2D eigenvalue weighted by Crippen LogP contribution is 2.31. The smallest absolute Gasteiger partial charge is 0.237 e. The maximum absolute atomic E-state index is 12.8. The third kappa shape index (κ3) is 3.23. The Morgan fingerprint density at radius 3 is 2.67 bits per heavy atom. The fraction of sp³-hybridized carbons (Fsp3) is 0.167. The van der Waals surface area contributed by atoms with Crippen LogP contribution in [0.25, 0.3) is 32.8 Å². The summed E-state index contributed by atoms with van der Waals surface area (Å²) < 4.78 is 2.30. The number of amides is 1. The van der Waals surface area contributed by atoms with Gasteiger partial charge in [0.15, 0.2) is 5.16 Å². The first-order chi connectivity index (χ1) is 14.6. The van der Waals surface area contributed by atoms with Gasteiger partial charge in [-0.2, -0.15) is 0 Å². The van der Waals surface area contributed by atoms with Crippen molar-refractivity contribution in [3.05, 3.63) is 66.7 Å². The molecule has 0 radical (unpaired) electrons. The Hall–Kier alpha value is -3.25. The zero-order chi connectivity index (χ0) is 20.7. The summed E-state index contributed by atoms with van der Waals surface area (Å²) in [5.41, 5.74) is 5.09. The highest BCUT2D eigenvalue weighted by molar-refractivity contribution is 8.00. The van der Waals surface area contributed by atoms with Crippen LogP contribution in [0.15, 0.2) is 71.9 Å². The maximum atomic E-state index is 12.8. The molecule has 0 aliphatic heterocycles. The van der Waals surface area contributed by atoms with Crippen molar-refractivity contribution in [2.45, 2.75) is 30.8 Å². The third-order valence-electron chi connectivity index (χ3n) is 5.38. The number of para-hydroxylation sites is 3. The molecule has 0 spiro atoms. The lowest BCUT2D eigenvalue weighted by Crippen LogP contribution is -2.22. The van der Waals surface area contributed by atoms with Crippen LogP contribution in [0, 0.1) is 0 Å². The van der Waals surface area contributed by atoms with Crippen molar-refractivity contribution in [2.24, 2.45) is 0 Å². The van der Waals surface area contributed by atoms with Crippen LogP contribution in [0.3, 0.4) is 0 Å². The van der Waals surface area contributed by atoms with E-state index in [2.05, 4.69) is 63.2 Å². The zero-order valence-corrected chi connectivity index (χ0v) is 17.7. The molecule has 6 heteroatoms. The summed E-state index contributed by atoms with van der Waals surface area (Å²) >= 11 is 1.43. The number of benzene rings is 3. The predicted octanol–water partition coefficient (Wildman–Crippen LogP) is 5.81. The molecule has 0 aliphatic carbocycles. The SMILES string of the molecule is CCn1c2ccccc2c2cc(NC(=O)C(C)Sc3nc4ccccc4[nH]3)ccc21. The lowest BCUT2D eigenvalue weighted by molar-refractivity contribution is -0.115. The van der Waals surface area contributed by atoms with E-state index in [9.17, 15) is 4.79 Å². The Morgan fingerprint density at radius 1 is 1.07 bits per heavy atom. The molecule has 5 nitrogen and oxygen atoms in total. The first kappa shape index (κ1) is 18.8. The first-order valence-electron chi connectivity index (χ1n) is 10.1. The summed E-state index contributed by atoms with van der Waals surface area (Å²) in [4.78, 5) is 20.6. The highest BCUT2D eigenvalue weighted by atomic mass is 32.2. The summed E-state index contributed by atoms with van der Waals surface area (Å²) in [5.74, 6) is -0.0426. The molecular formula is C24H22N4OS. The Labute approximate surface area is 178 Å². The van der Waals surface area contributed by atoms with E-state index < -0.39 is 0 Å². The molecule has 3 aromatic carbocycles. The predicted molar refractivity (Wildman–Crippen MR) is 125 cm³/mol. The largest absolute Gasteiger partial charge is 0.341 e. The number of anilines is 1. The van der Waals surface area contributed by atoms with Gasteiger partial charge in [-0.15, -0.1) is 0 Å². The zero-order valence-electron chi connectivity index (χ0n) is 16.8. The molecule has 1 atom stereocenters. The van der Waals surface area contributed by atoms with Crippen molar-refractivity contribution in [1.82, 2.24) is 14.5 Å². The second-order valence-corrected chi connectivity index (χ2v) is 8.63. The lowest BCUT2D eigenvalue weighted by atomic mass is 10.1. The van der Waals surface area contributed by atoms with Crippen LogP contribution in [-0.2, 0) is 11.3 Å². The minimum atomic E-state index is -0.279. The molecule has 0 saturated heterocycles. The summed E-state index contributed by atoms with van der Waals surface area (Å²) in [6.07, 6.45) is 0. The molecule has 0 fully saturated rings. The number of rotatable bonds is 5. The maximum Gasteiger partial charge on any atom is 0.237 e. The van der Waals surface area contributed by atoms with E-state index in [1.807, 2.05) is 37.3 Å². The van der Waals surface area contributed by atoms with Gasteiger partial charge in [-0.3, -0.25) is 4.79 Å². The number of hydrogen-bond donors (Lipinski definition) is 2. The second-order valence-electron chi connectivity index (χ2n) is 7.30. The number of imidazole rings is 1. The van der Waals surface area contributed by atoms with Gasteiger partial charge in [0.25, 0.3) is 0 Å². The molecule has 30 heavy (non-hydrogen) atoms. The van der Waals surface area contributed by atoms with Crippen LogP contribution in [-0.4, -0.2) is 25.7 Å². The molecule has 2 aromatic heterocycles. The Balaban J connectivity index is 1.39. The van der Waals surface area contributed by atoms with Gasteiger partial charge in [0.1, 0.15) is 0 Å². The molecule has 1 unspecified atom stereocenters. The molecule has 1 amide bonds. The second kappa shape index (κ2) is 7.54. The fourth-order valence-electron chi connectivity index (χ4n) is 3.92. The van der Waals surface area contributed by atoms with Crippen molar-refractivity contribution >= 4 is 56.2 Å². The number of aromatic amines is 1. The van der Waals surface area contributed by atoms with Gasteiger partial charge in [-0.1, -0.05) is 42.1 Å². The first-order valence-corrected chi connectivity index (χ1v) is 11.0. The molecule has 0 bridgehead atoms. The Morgan fingerprint density at radius 2 is 1.83 bits per heavy atom. The number of carbonyl (C=O) groups is 1. The molecule has 150 valence electrons. The number of aromatic nitrogens is 3. The van der Waals surface area contributed by atoms with Crippen LogP contribution < -0.4 is 5.32 Å². The lowest BCUT2D eigenvalue weighted by Gasteiger charge is -2.11. The van der Waals surface area contributed by atoms with E-state index in [1.165, 1.54) is 28.2 Å². The van der Waals surface area contributed by atoms with Crippen LogP contribution in [0.2, 0.25) is 0 Å². The number of aryl methyl sites for hydroxylation is 1. The van der Waals surface area contributed by atoms with E-state index in [1.54, 1.807) is 0 Å². The summed E-state index contributed by atoms with van der Waals surface area (Å²) in [6.45, 7) is 4.95. The standard InChI is InChI=1S/C24H22N4OS/c1-3-28-21-11-7-4-8-17(21)18-14-16(12-13-22(18)28)25-23(29)15(2)30-24-26-19-9-5-6-10-20(19)27-24/h4-15H,3H2,1-2H3,(H,25,29)(H,26,27). The van der Waals surface area contributed by atoms with Gasteiger partial charge >= 0.3 is 0 Å². The van der Waals surface area contributed by atoms with Crippen LogP contribution >= 0.6 is 11.8 Å². The molecule has 5 rings (SSSR count). The average Bonchev–Trinajstić information content (AvgIpc) is 3.31. The van der Waals surface area contributed by atoms with Crippen LogP contribution in [0.1, 0.15) is 13.8 Å². The molecular weight excluding hydrogens is 392 g/mol. The summed E-state index contributed by atoms with van der Waals surface area (Å²) in [6, 6.07) is 22.4. The van der Waals surface area contributed by atoms with Crippen LogP contribution in [0.5, 0.6) is 0 Å². The van der Waals surface area contributed by atoms with E-state index in [0.717, 1.165) is 33.8 Å². The molecule has 0 saturated carbocycles. The van der Waals surface area contributed by atoms with Gasteiger partial charge in [0, 0.05) is 34.0 Å². The van der Waals surface area contributed by atoms with Crippen molar-refractivity contribution in [1.29, 1.82) is 0 Å². The molecule has 0 aliphatic rings. The number of nitrogens with one attached hydrogen (secondary N) is 2. The van der Waals surface area contributed by atoms with Gasteiger partial charge in [0.2, 0.25) is 5.91 Å². The van der Waals surface area contributed by atoms with Gasteiger partial charge in [-0.25, -0.2) is 4.98 Å². The van der Waals surface area contributed by atoms with Crippen molar-refractivity contribution in [2.75, 3.05) is 5.32 Å². The highest BCUT2D eigenvalue weighted by Gasteiger charge is 2.18. The van der Waals surface area contributed by atoms with E-state index >= 15 is 0 Å². The van der Waals surface area contributed by atoms with Crippen LogP contribution in [0.4, 0.5) is 5.69 Å². The summed E-state index contributed by atoms with van der Waals surface area (Å²) in [5, 5.41) is 5.90. The Kier molecular flexibility index (Phi) is 4.71. The Bertz CT molecular complexity index is 1350. The topological polar surface area (TPSA) is 62.7 Å². The third-order valence-corrected chi connectivity index (χ3v) is 6.37. The van der Waals surface area contributed by atoms with E-state index in [0.29, 0.717) is 0 Å². The fourth-order valence-corrected chi connectivity index (χ4v) is 4.74. The monoisotopic (exact) mass is 414 g/mol. The number of H-pyrrole nitrogens is 1. The number of nitrogens with zero attached hydrogens (tertiary/aromatic N) is 2. The van der Waals surface area contributed by atoms with Crippen molar-refractivity contribution < 1.29 is 4.79 Å². The quantitative estimate of drug-likeness (QED) is 0.357. The molecule has 2 heterocycles. The van der Waals surface area contributed by atoms with Gasteiger partial charge in [-0.05, 0) is 50.2 Å². The van der Waals surface area contributed by atoms with Gasteiger partial charge in [0.05, 0.1) is 16.3 Å². The number of fused-ring (bicyclic) bond motifs is 4. The normalized spacial score (nSPS) is 12.6. The van der Waals surface area contributed by atoms with E-state index in [-0.39, 0.29) is 11.2 Å². The number of carbonyl (C=O) groups excluding carboxylic acids is 1. The molecule has 5 aromatic rings. The average molecular weight is 415 g/mol. The van der Waals surface area contributed by atoms with Gasteiger partial charge < -0.3 is 14.9 Å². The number of hydrogen-bond acceptors (Lipinski definition) is 3. The minimum Gasteiger partial charge on any atom is -0.341 e. The minimum absolute atomic E-state index is 0.0426. The summed E-state index contributed by atoms with van der Waals surface area (Å²) in [7, 11) is 0. The van der Waals surface area contributed by atoms with Crippen molar-refractivity contribution in [3.8, 4) is 0 Å². The molecule has 2 N–H and O–H groups in total. The number of thioether (sulfide) groups is 1. The van der Waals surface area contributed by atoms with E-state index in [4.69, 9.17) is 0 Å². The van der Waals surface area contributed by atoms with Crippen molar-refractivity contribution in [3.63, 3.8) is 0 Å².